The van der Waals surface area contributed by atoms with E-state index in [0.29, 0.717) is 43.5 Å². The summed E-state index contributed by atoms with van der Waals surface area (Å²) in [6, 6.07) is 21.8. The Labute approximate surface area is 367 Å². The van der Waals surface area contributed by atoms with E-state index in [9.17, 15) is 27.6 Å². The average molecular weight is 1030 g/mol. The van der Waals surface area contributed by atoms with Crippen molar-refractivity contribution < 1.29 is 33.7 Å². The highest BCUT2D eigenvalue weighted by Gasteiger charge is 2.36. The number of carbonyl (C=O) groups excluding carboxylic acids is 4. The molecule has 1 aliphatic heterocycles. The summed E-state index contributed by atoms with van der Waals surface area (Å²) in [6.07, 6.45) is 8.47. The van der Waals surface area contributed by atoms with Crippen LogP contribution in [0.5, 0.6) is 0 Å². The fraction of sp³-hybridized carbons (Fsp3) is 0.357. The predicted molar refractivity (Wildman–Crippen MR) is 238 cm³/mol. The summed E-state index contributed by atoms with van der Waals surface area (Å²) in [4.78, 5) is 58.2. The zero-order valence-electron chi connectivity index (χ0n) is 32.0. The fourth-order valence-corrected chi connectivity index (χ4v) is 9.92. The van der Waals surface area contributed by atoms with Gasteiger partial charge in [-0.05, 0) is 124 Å². The third kappa shape index (κ3) is 10.7. The number of rotatable bonds is 14. The van der Waals surface area contributed by atoms with Crippen LogP contribution in [0.4, 0.5) is 17.2 Å². The van der Waals surface area contributed by atoms with Crippen LogP contribution in [-0.2, 0) is 33.8 Å². The van der Waals surface area contributed by atoms with E-state index in [1.165, 1.54) is 28.6 Å². The van der Waals surface area contributed by atoms with E-state index >= 15 is 0 Å². The number of sulfonamides is 1. The molecule has 0 unspecified atom stereocenters. The molecule has 1 saturated heterocycles. The average Bonchev–Trinajstić information content (AvgIpc) is 3.26. The lowest BCUT2D eigenvalue weighted by molar-refractivity contribution is -0.137. The molecule has 0 bridgehead atoms. The third-order valence-electron chi connectivity index (χ3n) is 10.8. The number of carbonyl (C=O) groups is 4. The first kappa shape index (κ1) is 43.4. The molecule has 0 spiro atoms. The van der Waals surface area contributed by atoms with Crippen LogP contribution >= 0.6 is 46.0 Å². The van der Waals surface area contributed by atoms with Crippen molar-refractivity contribution in [2.24, 2.45) is 5.92 Å². The Hall–Kier alpha value is -4.14. The van der Waals surface area contributed by atoms with E-state index in [-0.39, 0.29) is 46.2 Å². The highest BCUT2D eigenvalue weighted by molar-refractivity contribution is 14.1. The van der Waals surface area contributed by atoms with Crippen molar-refractivity contribution in [3.05, 3.63) is 113 Å². The number of aromatic nitrogens is 1. The van der Waals surface area contributed by atoms with Gasteiger partial charge in [0.1, 0.15) is 5.82 Å². The molecule has 1 aliphatic carbocycles. The number of piperidine rings is 1. The van der Waals surface area contributed by atoms with Crippen LogP contribution in [-0.4, -0.2) is 67.1 Å². The molecule has 13 nitrogen and oxygen atoms in total. The van der Waals surface area contributed by atoms with Crippen molar-refractivity contribution >= 4 is 97.0 Å². The van der Waals surface area contributed by atoms with Gasteiger partial charge in [-0.3, -0.25) is 14.4 Å². The number of benzene rings is 3. The second-order valence-corrected chi connectivity index (χ2v) is 17.2. The number of hydrogen-bond donors (Lipinski definition) is 2. The van der Waals surface area contributed by atoms with E-state index in [0.717, 1.165) is 55.6 Å². The summed E-state index contributed by atoms with van der Waals surface area (Å²) in [6.45, 7) is 3.72. The third-order valence-corrected chi connectivity index (χ3v) is 13.6. The van der Waals surface area contributed by atoms with E-state index in [1.807, 2.05) is 24.3 Å². The van der Waals surface area contributed by atoms with E-state index in [4.69, 9.17) is 6.13 Å². The predicted octanol–water partition coefficient (Wildman–Crippen LogP) is 8.33. The summed E-state index contributed by atoms with van der Waals surface area (Å²) < 4.78 is 39.0. The lowest BCUT2D eigenvalue weighted by Crippen LogP contribution is -2.42. The van der Waals surface area contributed by atoms with Gasteiger partial charge >= 0.3 is 11.9 Å². The fourth-order valence-electron chi connectivity index (χ4n) is 7.56. The number of nitrogens with one attached hydrogen (secondary N) is 2. The molecular formula is C42H45I2N5O8S. The first-order chi connectivity index (χ1) is 28.0. The van der Waals surface area contributed by atoms with Gasteiger partial charge < -0.3 is 21.7 Å². The summed E-state index contributed by atoms with van der Waals surface area (Å²) >= 11 is 3.15. The van der Waals surface area contributed by atoms with Gasteiger partial charge in [-0.15, -0.1) is 0 Å². The normalized spacial score (nSPS) is 17.0. The van der Waals surface area contributed by atoms with Gasteiger partial charge in [0.15, 0.2) is 46.0 Å². The van der Waals surface area contributed by atoms with E-state index in [1.54, 1.807) is 89.5 Å². The maximum Gasteiger partial charge on any atom is 0.347 e. The highest BCUT2D eigenvalue weighted by atomic mass is 127. The molecule has 2 aliphatic rings. The molecule has 3 aromatic carbocycles. The number of amides is 2. The van der Waals surface area contributed by atoms with Crippen molar-refractivity contribution in [2.75, 3.05) is 35.2 Å². The maximum atomic E-state index is 14.0. The van der Waals surface area contributed by atoms with Crippen LogP contribution in [0, 0.1) is 5.92 Å². The lowest BCUT2D eigenvalue weighted by Gasteiger charge is -2.34. The Morgan fingerprint density at radius 1 is 0.793 bits per heavy atom. The summed E-state index contributed by atoms with van der Waals surface area (Å²) in [7, 11) is -3.98. The molecule has 1 saturated carbocycles. The number of hydrogen-bond acceptors (Lipinski definition) is 10. The Bertz CT molecular complexity index is 2210. The molecule has 2 heterocycles. The first-order valence-corrected chi connectivity index (χ1v) is 22.5. The Kier molecular flexibility index (Phi) is 15.1. The monoisotopic (exact) mass is 1030 g/mol. The zero-order chi connectivity index (χ0) is 41.2. The molecule has 4 aromatic rings. The molecule has 2 fully saturated rings. The second-order valence-electron chi connectivity index (χ2n) is 14.4. The molecule has 2 amide bonds. The molecule has 0 radical (unpaired) electrons. The standard InChI is InChI=1S/C42H45I2N5O8S/c1-2-49(33-18-16-31(17-19-33)42(53)57-44)58(54,55)35-8-6-7-32(25-35)39(50)46-37-21-20-34(48-23-4-3-5-24-48)26-36(37)40(51)47-38-22-13-29(27-45-38)10-9-28-11-14-30(15-12-28)41(52)56-43/h6-8,11-15,20-22,25-27,31,33H,2-5,9-10,16-19,23-24H2,1H3,(H,46,50)(H,45,47,51). The van der Waals surface area contributed by atoms with Crippen molar-refractivity contribution in [3.63, 3.8) is 0 Å². The minimum atomic E-state index is -3.98. The van der Waals surface area contributed by atoms with Gasteiger partial charge in [0.05, 0.1) is 27.6 Å². The van der Waals surface area contributed by atoms with Crippen molar-refractivity contribution in [2.45, 2.75) is 75.6 Å². The van der Waals surface area contributed by atoms with Crippen molar-refractivity contribution in [3.8, 4) is 0 Å². The number of aryl methyl sites for hydroxylation is 2. The SMILES string of the molecule is CCN(C1CCC(C(=O)OI)CC1)S(=O)(=O)c1cccc(C(=O)Nc2ccc(N3CCCCC3)cc2C(=O)Nc2ccc(CCc3ccc(C(=O)OI)cc3)cn2)c1. The topological polar surface area (TPSA) is 164 Å². The number of pyridine rings is 1. The van der Waals surface area contributed by atoms with Crippen LogP contribution in [0.1, 0.15) is 94.1 Å². The molecule has 0 atom stereocenters. The lowest BCUT2D eigenvalue weighted by atomic mass is 9.86. The molecule has 1 aromatic heterocycles. The van der Waals surface area contributed by atoms with Gasteiger partial charge in [-0.25, -0.2) is 18.2 Å². The Balaban J connectivity index is 1.16. The molecule has 16 heteroatoms. The highest BCUT2D eigenvalue weighted by Crippen LogP contribution is 2.33. The molecule has 6 rings (SSSR count). The Morgan fingerprint density at radius 2 is 1.50 bits per heavy atom. The van der Waals surface area contributed by atoms with Crippen molar-refractivity contribution in [1.82, 2.24) is 9.29 Å². The minimum absolute atomic E-state index is 0.0140. The quantitative estimate of drug-likeness (QED) is 0.117. The van der Waals surface area contributed by atoms with Crippen LogP contribution in [0.15, 0.2) is 90.0 Å². The zero-order valence-corrected chi connectivity index (χ0v) is 37.1. The summed E-state index contributed by atoms with van der Waals surface area (Å²) in [5.41, 5.74) is 3.98. The van der Waals surface area contributed by atoms with Gasteiger partial charge in [0.25, 0.3) is 11.8 Å². The van der Waals surface area contributed by atoms with Crippen LogP contribution < -0.4 is 15.5 Å². The van der Waals surface area contributed by atoms with E-state index < -0.39 is 27.8 Å². The first-order valence-electron chi connectivity index (χ1n) is 19.3. The van der Waals surface area contributed by atoms with Gasteiger partial charge in [-0.1, -0.05) is 31.2 Å². The van der Waals surface area contributed by atoms with Gasteiger partial charge in [0.2, 0.25) is 10.0 Å². The van der Waals surface area contributed by atoms with Crippen LogP contribution in [0.3, 0.4) is 0 Å². The second kappa shape index (κ2) is 20.2. The van der Waals surface area contributed by atoms with Gasteiger partial charge in [-0.2, -0.15) is 4.31 Å². The Morgan fingerprint density at radius 3 is 2.16 bits per heavy atom. The maximum absolute atomic E-state index is 14.0. The molecule has 58 heavy (non-hydrogen) atoms. The molecular weight excluding hydrogens is 988 g/mol. The summed E-state index contributed by atoms with van der Waals surface area (Å²) in [5.74, 6) is -1.62. The molecule has 306 valence electrons. The van der Waals surface area contributed by atoms with Crippen LogP contribution in [0.25, 0.3) is 0 Å². The van der Waals surface area contributed by atoms with Crippen LogP contribution in [0.2, 0.25) is 0 Å². The van der Waals surface area contributed by atoms with Gasteiger partial charge in [0, 0.05) is 43.1 Å². The smallest absolute Gasteiger partial charge is 0.347 e. The van der Waals surface area contributed by atoms with Crippen molar-refractivity contribution in [1.29, 1.82) is 0 Å². The largest absolute Gasteiger partial charge is 0.394 e. The summed E-state index contributed by atoms with van der Waals surface area (Å²) in [5, 5.41) is 5.75. The molecule has 2 N–H and O–H groups in total. The number of halogens is 2. The van der Waals surface area contributed by atoms with E-state index in [2.05, 4.69) is 20.5 Å². The minimum Gasteiger partial charge on any atom is -0.394 e. The number of nitrogens with zero attached hydrogens (tertiary/aromatic N) is 3. The number of anilines is 3.